The number of hydrogen-bond acceptors (Lipinski definition) is 6. The van der Waals surface area contributed by atoms with Crippen LogP contribution in [0.15, 0.2) is 60.0 Å². The number of phenolic OH excluding ortho intramolecular Hbond substituents is 1. The molecule has 2 aromatic carbocycles. The molecule has 0 fully saturated rings. The van der Waals surface area contributed by atoms with Gasteiger partial charge in [-0.1, -0.05) is 35.5 Å². The molecule has 3 N–H and O–H groups in total. The van der Waals surface area contributed by atoms with Crippen molar-refractivity contribution in [3.05, 3.63) is 71.5 Å². The predicted octanol–water partition coefficient (Wildman–Crippen LogP) is 3.64. The van der Waals surface area contributed by atoms with Crippen molar-refractivity contribution in [3.8, 4) is 17.0 Å². The van der Waals surface area contributed by atoms with Gasteiger partial charge < -0.3 is 15.7 Å². The summed E-state index contributed by atoms with van der Waals surface area (Å²) in [5.74, 6) is 0.574. The Hall–Kier alpha value is -3.41. The molecule has 0 radical (unpaired) electrons. The van der Waals surface area contributed by atoms with Crippen molar-refractivity contribution < 1.29 is 9.94 Å². The van der Waals surface area contributed by atoms with Gasteiger partial charge in [0, 0.05) is 22.1 Å². The van der Waals surface area contributed by atoms with Gasteiger partial charge in [-0.2, -0.15) is 0 Å². The number of oxime groups is 1. The Bertz CT molecular complexity index is 1030. The number of benzene rings is 2. The maximum atomic E-state index is 10.0. The number of aromatic nitrogens is 2. The fourth-order valence-electron chi connectivity index (χ4n) is 3.52. The molecule has 6 nitrogen and oxygen atoms in total. The van der Waals surface area contributed by atoms with Crippen molar-refractivity contribution in [2.45, 2.75) is 25.9 Å². The van der Waals surface area contributed by atoms with Crippen LogP contribution in [0.5, 0.6) is 5.75 Å². The van der Waals surface area contributed by atoms with Crippen LogP contribution in [0.2, 0.25) is 0 Å². The van der Waals surface area contributed by atoms with Gasteiger partial charge in [0.2, 0.25) is 0 Å². The molecule has 6 heteroatoms. The first-order chi connectivity index (χ1) is 13.0. The van der Waals surface area contributed by atoms with Crippen molar-refractivity contribution in [1.82, 2.24) is 9.97 Å². The molecule has 0 spiro atoms. The van der Waals surface area contributed by atoms with E-state index < -0.39 is 5.41 Å². The number of hydrogen-bond donors (Lipinski definition) is 2. The summed E-state index contributed by atoms with van der Waals surface area (Å²) in [5, 5.41) is 14.5. The lowest BCUT2D eigenvalue weighted by Gasteiger charge is -2.34. The van der Waals surface area contributed by atoms with E-state index in [0.717, 1.165) is 27.9 Å². The first kappa shape index (κ1) is 17.0. The van der Waals surface area contributed by atoms with Gasteiger partial charge in [0.15, 0.2) is 0 Å². The van der Waals surface area contributed by atoms with Gasteiger partial charge in [0.25, 0.3) is 0 Å². The molecule has 0 saturated heterocycles. The third-order valence-electron chi connectivity index (χ3n) is 4.84. The molecule has 0 aliphatic heterocycles. The Morgan fingerprint density at radius 1 is 1.07 bits per heavy atom. The van der Waals surface area contributed by atoms with Crippen LogP contribution in [0.3, 0.4) is 0 Å². The molecule has 0 bridgehead atoms. The Labute approximate surface area is 157 Å². The van der Waals surface area contributed by atoms with Gasteiger partial charge in [-0.3, -0.25) is 0 Å². The zero-order chi connectivity index (χ0) is 19.0. The van der Waals surface area contributed by atoms with Crippen LogP contribution in [-0.2, 0) is 16.9 Å². The summed E-state index contributed by atoms with van der Waals surface area (Å²) in [6, 6.07) is 15.0. The smallest absolute Gasteiger partial charge is 0.142 e. The molecule has 27 heavy (non-hydrogen) atoms. The van der Waals surface area contributed by atoms with Gasteiger partial charge in [-0.15, -0.1) is 0 Å². The van der Waals surface area contributed by atoms with Gasteiger partial charge in [0.1, 0.15) is 24.5 Å². The van der Waals surface area contributed by atoms with Crippen LogP contribution >= 0.6 is 0 Å². The standard InChI is InChI=1S/C21H20N4O2/c1-21(2)17-18(23-12-24-20(17)22)15-9-8-14(26)10-16(15)19(21)25-27-11-13-6-4-3-5-7-13/h3-10,12,26H,11H2,1-2H3,(H2,22,23,24)/b25-19+. The fraction of sp³-hybridized carbons (Fsp3) is 0.190. The minimum Gasteiger partial charge on any atom is -0.508 e. The number of phenols is 1. The quantitative estimate of drug-likeness (QED) is 0.696. The van der Waals surface area contributed by atoms with E-state index in [2.05, 4.69) is 15.1 Å². The van der Waals surface area contributed by atoms with E-state index in [1.54, 1.807) is 12.1 Å². The van der Waals surface area contributed by atoms with Crippen LogP contribution in [0.25, 0.3) is 11.3 Å². The maximum absolute atomic E-state index is 10.0. The highest BCUT2D eigenvalue weighted by Gasteiger charge is 2.40. The summed E-state index contributed by atoms with van der Waals surface area (Å²) in [7, 11) is 0. The maximum Gasteiger partial charge on any atom is 0.142 e. The summed E-state index contributed by atoms with van der Waals surface area (Å²) >= 11 is 0. The third kappa shape index (κ3) is 2.89. The van der Waals surface area contributed by atoms with E-state index in [4.69, 9.17) is 10.6 Å². The fourth-order valence-corrected chi connectivity index (χ4v) is 3.52. The number of aromatic hydroxyl groups is 1. The van der Waals surface area contributed by atoms with E-state index in [1.165, 1.54) is 6.33 Å². The van der Waals surface area contributed by atoms with Crippen LogP contribution < -0.4 is 5.73 Å². The monoisotopic (exact) mass is 360 g/mol. The average molecular weight is 360 g/mol. The number of anilines is 1. The SMILES string of the molecule is CC1(C)/C(=N/OCc2ccccc2)c2cc(O)ccc2-c2ncnc(N)c21. The van der Waals surface area contributed by atoms with Crippen LogP contribution in [0, 0.1) is 0 Å². The zero-order valence-corrected chi connectivity index (χ0v) is 15.2. The van der Waals surface area contributed by atoms with Gasteiger partial charge in [0.05, 0.1) is 11.4 Å². The minimum atomic E-state index is -0.585. The van der Waals surface area contributed by atoms with Crippen molar-refractivity contribution >= 4 is 11.5 Å². The summed E-state index contributed by atoms with van der Waals surface area (Å²) in [4.78, 5) is 14.3. The Morgan fingerprint density at radius 2 is 1.85 bits per heavy atom. The second-order valence-corrected chi connectivity index (χ2v) is 7.04. The molecule has 1 heterocycles. The number of nitrogens with two attached hydrogens (primary N) is 1. The molecule has 4 rings (SSSR count). The zero-order valence-electron chi connectivity index (χ0n) is 15.2. The second kappa shape index (κ2) is 6.39. The van der Waals surface area contributed by atoms with Gasteiger partial charge in [-0.25, -0.2) is 9.97 Å². The molecule has 1 aliphatic rings. The first-order valence-corrected chi connectivity index (χ1v) is 8.67. The minimum absolute atomic E-state index is 0.158. The molecule has 0 atom stereocenters. The van der Waals surface area contributed by atoms with Crippen LogP contribution in [-0.4, -0.2) is 20.8 Å². The largest absolute Gasteiger partial charge is 0.508 e. The molecule has 1 aliphatic carbocycles. The van der Waals surface area contributed by atoms with E-state index in [0.29, 0.717) is 18.1 Å². The molecule has 0 saturated carbocycles. The molecule has 1 aromatic heterocycles. The topological polar surface area (TPSA) is 93.6 Å². The number of rotatable bonds is 3. The lowest BCUT2D eigenvalue weighted by molar-refractivity contribution is 0.129. The Morgan fingerprint density at radius 3 is 2.63 bits per heavy atom. The van der Waals surface area contributed by atoms with Crippen molar-refractivity contribution in [3.63, 3.8) is 0 Å². The first-order valence-electron chi connectivity index (χ1n) is 8.67. The van der Waals surface area contributed by atoms with Crippen molar-refractivity contribution in [1.29, 1.82) is 0 Å². The average Bonchev–Trinajstić information content (AvgIpc) is 2.65. The second-order valence-electron chi connectivity index (χ2n) is 7.04. The number of fused-ring (bicyclic) bond motifs is 3. The predicted molar refractivity (Wildman–Crippen MR) is 104 cm³/mol. The van der Waals surface area contributed by atoms with E-state index in [-0.39, 0.29) is 5.75 Å². The number of nitrogens with zero attached hydrogens (tertiary/aromatic N) is 3. The third-order valence-corrected chi connectivity index (χ3v) is 4.84. The van der Waals surface area contributed by atoms with E-state index in [1.807, 2.05) is 50.2 Å². The highest BCUT2D eigenvalue weighted by molar-refractivity contribution is 6.15. The Kier molecular flexibility index (Phi) is 4.03. The highest BCUT2D eigenvalue weighted by Crippen LogP contribution is 2.45. The van der Waals surface area contributed by atoms with E-state index >= 15 is 0 Å². The highest BCUT2D eigenvalue weighted by atomic mass is 16.6. The molecule has 136 valence electrons. The molecule has 3 aromatic rings. The molecular weight excluding hydrogens is 340 g/mol. The summed E-state index contributed by atoms with van der Waals surface area (Å²) in [5.41, 5.74) is 10.5. The molecule has 0 amide bonds. The van der Waals surface area contributed by atoms with E-state index in [9.17, 15) is 5.11 Å². The van der Waals surface area contributed by atoms with Crippen LogP contribution in [0.4, 0.5) is 5.82 Å². The number of nitrogen functional groups attached to an aromatic ring is 1. The van der Waals surface area contributed by atoms with Gasteiger partial charge in [-0.05, 0) is 37.6 Å². The lowest BCUT2D eigenvalue weighted by atomic mass is 9.70. The van der Waals surface area contributed by atoms with Crippen LogP contribution in [0.1, 0.15) is 30.5 Å². The van der Waals surface area contributed by atoms with Crippen molar-refractivity contribution in [2.75, 3.05) is 5.73 Å². The molecular formula is C21H20N4O2. The Balaban J connectivity index is 1.82. The molecule has 0 unspecified atom stereocenters. The van der Waals surface area contributed by atoms with Gasteiger partial charge >= 0.3 is 0 Å². The lowest BCUT2D eigenvalue weighted by Crippen LogP contribution is -2.36. The normalized spacial score (nSPS) is 15.9. The van der Waals surface area contributed by atoms with Crippen molar-refractivity contribution in [2.24, 2.45) is 5.16 Å². The summed E-state index contributed by atoms with van der Waals surface area (Å²) in [6.45, 7) is 4.36. The summed E-state index contributed by atoms with van der Waals surface area (Å²) < 4.78 is 0. The summed E-state index contributed by atoms with van der Waals surface area (Å²) in [6.07, 6.45) is 1.45.